The number of anilines is 1. The van der Waals surface area contributed by atoms with Gasteiger partial charge in [0.1, 0.15) is 0 Å². The van der Waals surface area contributed by atoms with Crippen LogP contribution < -0.4 is 20.1 Å². The number of piperidine rings is 1. The van der Waals surface area contributed by atoms with Gasteiger partial charge in [-0.05, 0) is 30.5 Å². The third kappa shape index (κ3) is 5.40. The molecule has 0 saturated carbocycles. The Bertz CT molecular complexity index is 841. The Labute approximate surface area is 171 Å². The molecule has 1 unspecified atom stereocenters. The van der Waals surface area contributed by atoms with E-state index in [0.29, 0.717) is 36.8 Å². The zero-order valence-corrected chi connectivity index (χ0v) is 16.8. The third-order valence-electron chi connectivity index (χ3n) is 5.02. The number of nitrogens with one attached hydrogen (secondary N) is 2. The molecule has 0 bridgehead atoms. The maximum atomic E-state index is 12.7. The number of methoxy groups -OCH3 is 2. The molecule has 2 aromatic rings. The fourth-order valence-electron chi connectivity index (χ4n) is 3.42. The average molecular weight is 397 g/mol. The maximum Gasteiger partial charge on any atom is 0.317 e. The van der Waals surface area contributed by atoms with Gasteiger partial charge in [-0.25, -0.2) is 4.79 Å². The lowest BCUT2D eigenvalue weighted by atomic mass is 9.97. The number of hydrogen-bond donors (Lipinski definition) is 2. The highest BCUT2D eigenvalue weighted by Gasteiger charge is 2.28. The molecule has 1 heterocycles. The van der Waals surface area contributed by atoms with Gasteiger partial charge >= 0.3 is 6.03 Å². The lowest BCUT2D eigenvalue weighted by molar-refractivity contribution is -0.121. The highest BCUT2D eigenvalue weighted by atomic mass is 16.5. The van der Waals surface area contributed by atoms with Gasteiger partial charge in [0.25, 0.3) is 0 Å². The largest absolute Gasteiger partial charge is 0.493 e. The van der Waals surface area contributed by atoms with Crippen molar-refractivity contribution in [3.8, 4) is 11.5 Å². The molecule has 1 fully saturated rings. The summed E-state index contributed by atoms with van der Waals surface area (Å²) in [7, 11) is 3.12. The van der Waals surface area contributed by atoms with Gasteiger partial charge in [0, 0.05) is 31.4 Å². The normalized spacial score (nSPS) is 16.1. The first kappa shape index (κ1) is 20.5. The standard InChI is InChI=1S/C22H27N3O4/c1-28-19-11-10-18(13-20(19)29-2)24-21(26)17-9-6-12-25(15-17)22(27)23-14-16-7-4-3-5-8-16/h3-5,7-8,10-11,13,17H,6,9,12,14-15H2,1-2H3,(H,23,27)(H,24,26). The first-order valence-corrected chi connectivity index (χ1v) is 9.70. The van der Waals surface area contributed by atoms with Gasteiger partial charge in [-0.15, -0.1) is 0 Å². The molecule has 0 aliphatic carbocycles. The van der Waals surface area contributed by atoms with E-state index in [1.807, 2.05) is 30.3 Å². The minimum Gasteiger partial charge on any atom is -0.493 e. The van der Waals surface area contributed by atoms with Crippen molar-refractivity contribution >= 4 is 17.6 Å². The second kappa shape index (κ2) is 9.82. The SMILES string of the molecule is COc1ccc(NC(=O)C2CCCN(C(=O)NCc3ccccc3)C2)cc1OC. The fraction of sp³-hybridized carbons (Fsp3) is 0.364. The zero-order chi connectivity index (χ0) is 20.6. The van der Waals surface area contributed by atoms with E-state index in [1.165, 1.54) is 0 Å². The molecule has 0 spiro atoms. The van der Waals surface area contributed by atoms with Crippen molar-refractivity contribution in [1.29, 1.82) is 0 Å². The van der Waals surface area contributed by atoms with E-state index in [9.17, 15) is 9.59 Å². The Kier molecular flexibility index (Phi) is 6.94. The molecular formula is C22H27N3O4. The van der Waals surface area contributed by atoms with Crippen molar-refractivity contribution in [2.24, 2.45) is 5.92 Å². The molecule has 1 aliphatic heterocycles. The van der Waals surface area contributed by atoms with E-state index in [2.05, 4.69) is 10.6 Å². The summed E-state index contributed by atoms with van der Waals surface area (Å²) in [5.41, 5.74) is 1.68. The van der Waals surface area contributed by atoms with Crippen LogP contribution in [0.5, 0.6) is 11.5 Å². The molecule has 2 aromatic carbocycles. The Morgan fingerprint density at radius 2 is 1.83 bits per heavy atom. The second-order valence-corrected chi connectivity index (χ2v) is 6.99. The Morgan fingerprint density at radius 1 is 1.07 bits per heavy atom. The first-order valence-electron chi connectivity index (χ1n) is 9.70. The third-order valence-corrected chi connectivity index (χ3v) is 5.02. The molecule has 154 valence electrons. The summed E-state index contributed by atoms with van der Waals surface area (Å²) >= 11 is 0. The van der Waals surface area contributed by atoms with Crippen LogP contribution in [0, 0.1) is 5.92 Å². The number of benzene rings is 2. The summed E-state index contributed by atoms with van der Waals surface area (Å²) < 4.78 is 10.5. The highest BCUT2D eigenvalue weighted by molar-refractivity contribution is 5.93. The average Bonchev–Trinajstić information content (AvgIpc) is 2.78. The minimum atomic E-state index is -0.251. The lowest BCUT2D eigenvalue weighted by Gasteiger charge is -2.32. The summed E-state index contributed by atoms with van der Waals surface area (Å²) in [6.45, 7) is 1.53. The Hall–Kier alpha value is -3.22. The summed E-state index contributed by atoms with van der Waals surface area (Å²) in [6.07, 6.45) is 1.55. The minimum absolute atomic E-state index is 0.0993. The van der Waals surface area contributed by atoms with Crippen LogP contribution in [-0.2, 0) is 11.3 Å². The highest BCUT2D eigenvalue weighted by Crippen LogP contribution is 2.30. The van der Waals surface area contributed by atoms with Crippen molar-refractivity contribution in [2.75, 3.05) is 32.6 Å². The van der Waals surface area contributed by atoms with Gasteiger partial charge < -0.3 is 25.0 Å². The van der Waals surface area contributed by atoms with Crippen LogP contribution in [-0.4, -0.2) is 44.1 Å². The molecule has 7 heteroatoms. The van der Waals surface area contributed by atoms with E-state index in [4.69, 9.17) is 9.47 Å². The van der Waals surface area contributed by atoms with Crippen molar-refractivity contribution in [3.63, 3.8) is 0 Å². The number of amides is 3. The number of urea groups is 1. The topological polar surface area (TPSA) is 79.9 Å². The second-order valence-electron chi connectivity index (χ2n) is 6.99. The van der Waals surface area contributed by atoms with Crippen molar-refractivity contribution in [3.05, 3.63) is 54.1 Å². The van der Waals surface area contributed by atoms with Crippen LogP contribution >= 0.6 is 0 Å². The van der Waals surface area contributed by atoms with Gasteiger partial charge in [-0.3, -0.25) is 4.79 Å². The number of ether oxygens (including phenoxy) is 2. The van der Waals surface area contributed by atoms with Gasteiger partial charge in [0.2, 0.25) is 5.91 Å². The molecular weight excluding hydrogens is 370 g/mol. The Morgan fingerprint density at radius 3 is 2.55 bits per heavy atom. The monoisotopic (exact) mass is 397 g/mol. The van der Waals surface area contributed by atoms with E-state index in [-0.39, 0.29) is 17.9 Å². The smallest absolute Gasteiger partial charge is 0.317 e. The Balaban J connectivity index is 1.55. The predicted octanol–water partition coefficient (Wildman–Crippen LogP) is 3.26. The van der Waals surface area contributed by atoms with Crippen LogP contribution in [0.4, 0.5) is 10.5 Å². The number of nitrogens with zero attached hydrogens (tertiary/aromatic N) is 1. The van der Waals surface area contributed by atoms with Crippen LogP contribution in [0.3, 0.4) is 0 Å². The van der Waals surface area contributed by atoms with E-state index in [1.54, 1.807) is 37.3 Å². The first-order chi connectivity index (χ1) is 14.1. The number of carbonyl (C=O) groups is 2. The van der Waals surface area contributed by atoms with Crippen molar-refractivity contribution in [1.82, 2.24) is 10.2 Å². The van der Waals surface area contributed by atoms with Gasteiger partial charge in [-0.1, -0.05) is 30.3 Å². The van der Waals surface area contributed by atoms with Crippen molar-refractivity contribution in [2.45, 2.75) is 19.4 Å². The van der Waals surface area contributed by atoms with E-state index < -0.39 is 0 Å². The van der Waals surface area contributed by atoms with E-state index in [0.717, 1.165) is 18.4 Å². The molecule has 29 heavy (non-hydrogen) atoms. The summed E-state index contributed by atoms with van der Waals surface area (Å²) in [5.74, 6) is 0.803. The number of carbonyl (C=O) groups excluding carboxylic acids is 2. The van der Waals surface area contributed by atoms with Crippen molar-refractivity contribution < 1.29 is 19.1 Å². The molecule has 0 aromatic heterocycles. The number of rotatable bonds is 6. The predicted molar refractivity (Wildman–Crippen MR) is 111 cm³/mol. The maximum absolute atomic E-state index is 12.7. The molecule has 2 N–H and O–H groups in total. The van der Waals surface area contributed by atoms with Crippen LogP contribution in [0.1, 0.15) is 18.4 Å². The molecule has 7 nitrogen and oxygen atoms in total. The molecule has 3 rings (SSSR count). The fourth-order valence-corrected chi connectivity index (χ4v) is 3.42. The molecule has 3 amide bonds. The van der Waals surface area contributed by atoms with Crippen LogP contribution in [0.2, 0.25) is 0 Å². The summed E-state index contributed by atoms with van der Waals surface area (Å²) in [6, 6.07) is 14.9. The zero-order valence-electron chi connectivity index (χ0n) is 16.8. The lowest BCUT2D eigenvalue weighted by Crippen LogP contribution is -2.47. The van der Waals surface area contributed by atoms with Crippen LogP contribution in [0.25, 0.3) is 0 Å². The van der Waals surface area contributed by atoms with Gasteiger partial charge in [-0.2, -0.15) is 0 Å². The molecule has 1 saturated heterocycles. The molecule has 1 aliphatic rings. The number of likely N-dealkylation sites (tertiary alicyclic amines) is 1. The summed E-state index contributed by atoms with van der Waals surface area (Å²) in [4.78, 5) is 26.9. The number of hydrogen-bond acceptors (Lipinski definition) is 4. The molecule has 0 radical (unpaired) electrons. The molecule has 1 atom stereocenters. The quantitative estimate of drug-likeness (QED) is 0.784. The van der Waals surface area contributed by atoms with Gasteiger partial charge in [0.15, 0.2) is 11.5 Å². The summed E-state index contributed by atoms with van der Waals surface area (Å²) in [5, 5.41) is 5.85. The van der Waals surface area contributed by atoms with E-state index >= 15 is 0 Å². The van der Waals surface area contributed by atoms with Gasteiger partial charge in [0.05, 0.1) is 20.1 Å². The van der Waals surface area contributed by atoms with Crippen LogP contribution in [0.15, 0.2) is 48.5 Å².